The molecular formula is C17H25ClN4O. The Bertz CT molecular complexity index is 525. The highest BCUT2D eigenvalue weighted by atomic mass is 35.5. The van der Waals surface area contributed by atoms with Crippen LogP contribution in [0.2, 0.25) is 5.02 Å². The highest BCUT2D eigenvalue weighted by Crippen LogP contribution is 2.20. The first-order valence-corrected chi connectivity index (χ1v) is 8.84. The second-order valence-corrected chi connectivity index (χ2v) is 6.68. The van der Waals surface area contributed by atoms with E-state index in [1.807, 2.05) is 18.2 Å². The van der Waals surface area contributed by atoms with Gasteiger partial charge in [0.15, 0.2) is 0 Å². The molecule has 2 N–H and O–H groups in total. The predicted molar refractivity (Wildman–Crippen MR) is 94.1 cm³/mol. The van der Waals surface area contributed by atoms with Gasteiger partial charge >= 0.3 is 0 Å². The maximum atomic E-state index is 11.9. The molecule has 1 aromatic rings. The Morgan fingerprint density at radius 2 is 2.13 bits per heavy atom. The van der Waals surface area contributed by atoms with E-state index in [9.17, 15) is 4.79 Å². The monoisotopic (exact) mass is 336 g/mol. The van der Waals surface area contributed by atoms with Gasteiger partial charge in [-0.15, -0.1) is 0 Å². The summed E-state index contributed by atoms with van der Waals surface area (Å²) in [6.45, 7) is 6.64. The zero-order chi connectivity index (χ0) is 16.1. The molecular weight excluding hydrogens is 312 g/mol. The van der Waals surface area contributed by atoms with E-state index < -0.39 is 0 Å². The number of amides is 1. The lowest BCUT2D eigenvalue weighted by Gasteiger charge is -2.36. The van der Waals surface area contributed by atoms with Crippen LogP contribution in [-0.2, 0) is 4.79 Å². The average molecular weight is 337 g/mol. The van der Waals surface area contributed by atoms with E-state index in [0.717, 1.165) is 63.7 Å². The quantitative estimate of drug-likeness (QED) is 0.851. The topological polar surface area (TPSA) is 47.6 Å². The largest absolute Gasteiger partial charge is 0.369 e. The van der Waals surface area contributed by atoms with E-state index in [0.29, 0.717) is 0 Å². The lowest BCUT2D eigenvalue weighted by Crippen LogP contribution is -2.49. The van der Waals surface area contributed by atoms with Crippen molar-refractivity contribution in [3.05, 3.63) is 29.3 Å². The molecule has 0 saturated carbocycles. The number of hydrogen-bond acceptors (Lipinski definition) is 4. The first-order valence-electron chi connectivity index (χ1n) is 8.46. The molecule has 1 aromatic carbocycles. The van der Waals surface area contributed by atoms with Crippen LogP contribution in [0, 0.1) is 0 Å². The van der Waals surface area contributed by atoms with Crippen LogP contribution >= 0.6 is 11.6 Å². The van der Waals surface area contributed by atoms with Gasteiger partial charge in [-0.2, -0.15) is 0 Å². The van der Waals surface area contributed by atoms with Gasteiger partial charge < -0.3 is 15.5 Å². The Balaban J connectivity index is 1.37. The van der Waals surface area contributed by atoms with Crippen molar-refractivity contribution in [3.63, 3.8) is 0 Å². The van der Waals surface area contributed by atoms with E-state index in [-0.39, 0.29) is 11.9 Å². The zero-order valence-electron chi connectivity index (χ0n) is 13.4. The van der Waals surface area contributed by atoms with Crippen molar-refractivity contribution in [2.75, 3.05) is 50.7 Å². The van der Waals surface area contributed by atoms with Gasteiger partial charge in [0.05, 0.1) is 6.04 Å². The fourth-order valence-corrected chi connectivity index (χ4v) is 3.46. The number of halogens is 1. The number of anilines is 1. The molecule has 2 heterocycles. The summed E-state index contributed by atoms with van der Waals surface area (Å²) in [6, 6.07) is 8.05. The molecule has 2 aliphatic rings. The Kier molecular flexibility index (Phi) is 5.75. The number of benzene rings is 1. The maximum absolute atomic E-state index is 11.9. The third kappa shape index (κ3) is 4.59. The lowest BCUT2D eigenvalue weighted by molar-refractivity contribution is -0.122. The van der Waals surface area contributed by atoms with Crippen molar-refractivity contribution in [2.24, 2.45) is 0 Å². The Morgan fingerprint density at radius 3 is 2.83 bits per heavy atom. The third-order valence-corrected chi connectivity index (χ3v) is 4.88. The van der Waals surface area contributed by atoms with Crippen molar-refractivity contribution in [1.82, 2.24) is 15.5 Å². The first kappa shape index (κ1) is 16.6. The maximum Gasteiger partial charge on any atom is 0.237 e. The fraction of sp³-hybridized carbons (Fsp3) is 0.588. The van der Waals surface area contributed by atoms with Crippen molar-refractivity contribution in [3.8, 4) is 0 Å². The zero-order valence-corrected chi connectivity index (χ0v) is 14.2. The van der Waals surface area contributed by atoms with Crippen LogP contribution in [0.1, 0.15) is 12.8 Å². The standard InChI is InChI=1S/C17H25ClN4O/c18-14-3-1-4-15(13-14)22-11-9-21(10-12-22)8-7-20-17(23)16-5-2-6-19-16/h1,3-4,13,16,19H,2,5-12H2,(H,20,23)/t16-/m0/s1. The fourth-order valence-electron chi connectivity index (χ4n) is 3.27. The molecule has 0 aromatic heterocycles. The minimum Gasteiger partial charge on any atom is -0.369 e. The average Bonchev–Trinajstić information content (AvgIpc) is 3.10. The van der Waals surface area contributed by atoms with Crippen LogP contribution in [-0.4, -0.2) is 62.7 Å². The van der Waals surface area contributed by atoms with Gasteiger partial charge in [0.25, 0.3) is 0 Å². The molecule has 2 fully saturated rings. The molecule has 3 rings (SSSR count). The van der Waals surface area contributed by atoms with E-state index >= 15 is 0 Å². The second kappa shape index (κ2) is 7.99. The van der Waals surface area contributed by atoms with Crippen LogP contribution in [0.5, 0.6) is 0 Å². The van der Waals surface area contributed by atoms with E-state index in [1.165, 1.54) is 5.69 Å². The van der Waals surface area contributed by atoms with Crippen molar-refractivity contribution >= 4 is 23.2 Å². The van der Waals surface area contributed by atoms with Crippen LogP contribution < -0.4 is 15.5 Å². The number of nitrogens with zero attached hydrogens (tertiary/aromatic N) is 2. The third-order valence-electron chi connectivity index (χ3n) is 4.65. The summed E-state index contributed by atoms with van der Waals surface area (Å²) in [5.74, 6) is 0.153. The summed E-state index contributed by atoms with van der Waals surface area (Å²) in [5.41, 5.74) is 1.19. The normalized spacial score (nSPS) is 22.3. The number of nitrogens with one attached hydrogen (secondary N) is 2. The van der Waals surface area contributed by atoms with Crippen LogP contribution in [0.4, 0.5) is 5.69 Å². The second-order valence-electron chi connectivity index (χ2n) is 6.25. The Hall–Kier alpha value is -1.30. The molecule has 1 atom stereocenters. The Morgan fingerprint density at radius 1 is 1.30 bits per heavy atom. The van der Waals surface area contributed by atoms with Gasteiger partial charge in [-0.05, 0) is 37.6 Å². The van der Waals surface area contributed by atoms with Gasteiger partial charge in [0.1, 0.15) is 0 Å². The van der Waals surface area contributed by atoms with Gasteiger partial charge in [-0.25, -0.2) is 0 Å². The van der Waals surface area contributed by atoms with Gasteiger partial charge in [0.2, 0.25) is 5.91 Å². The SMILES string of the molecule is O=C(NCCN1CCN(c2cccc(Cl)c2)CC1)[C@@H]1CCCN1. The molecule has 0 radical (unpaired) electrons. The Labute approximate surface area is 143 Å². The number of carbonyl (C=O) groups is 1. The van der Waals surface area contributed by atoms with Crippen LogP contribution in [0.25, 0.3) is 0 Å². The highest BCUT2D eigenvalue weighted by molar-refractivity contribution is 6.30. The van der Waals surface area contributed by atoms with Gasteiger partial charge in [0, 0.05) is 50.0 Å². The molecule has 5 nitrogen and oxygen atoms in total. The van der Waals surface area contributed by atoms with Crippen molar-refractivity contribution < 1.29 is 4.79 Å². The molecule has 126 valence electrons. The minimum absolute atomic E-state index is 0.0228. The van der Waals surface area contributed by atoms with Crippen molar-refractivity contribution in [1.29, 1.82) is 0 Å². The smallest absolute Gasteiger partial charge is 0.237 e. The van der Waals surface area contributed by atoms with Crippen molar-refractivity contribution in [2.45, 2.75) is 18.9 Å². The minimum atomic E-state index is 0.0228. The molecule has 2 aliphatic heterocycles. The molecule has 6 heteroatoms. The summed E-state index contributed by atoms with van der Waals surface area (Å²) >= 11 is 6.06. The first-order chi connectivity index (χ1) is 11.2. The van der Waals surface area contributed by atoms with E-state index in [2.05, 4.69) is 26.5 Å². The lowest BCUT2D eigenvalue weighted by atomic mass is 10.2. The number of piperazine rings is 1. The molecule has 0 spiro atoms. The molecule has 1 amide bonds. The van der Waals surface area contributed by atoms with E-state index in [4.69, 9.17) is 11.6 Å². The number of rotatable bonds is 5. The van der Waals surface area contributed by atoms with Gasteiger partial charge in [-0.1, -0.05) is 17.7 Å². The summed E-state index contributed by atoms with van der Waals surface area (Å²) < 4.78 is 0. The summed E-state index contributed by atoms with van der Waals surface area (Å²) in [5, 5.41) is 7.06. The molecule has 23 heavy (non-hydrogen) atoms. The van der Waals surface area contributed by atoms with Gasteiger partial charge in [-0.3, -0.25) is 9.69 Å². The molecule has 0 aliphatic carbocycles. The summed E-state index contributed by atoms with van der Waals surface area (Å²) in [7, 11) is 0. The summed E-state index contributed by atoms with van der Waals surface area (Å²) in [4.78, 5) is 16.7. The van der Waals surface area contributed by atoms with E-state index in [1.54, 1.807) is 0 Å². The molecule has 0 bridgehead atoms. The predicted octanol–water partition coefficient (Wildman–Crippen LogP) is 1.33. The highest BCUT2D eigenvalue weighted by Gasteiger charge is 2.22. The molecule has 2 saturated heterocycles. The van der Waals surface area contributed by atoms with Crippen LogP contribution in [0.15, 0.2) is 24.3 Å². The summed E-state index contributed by atoms with van der Waals surface area (Å²) in [6.07, 6.45) is 2.06. The van der Waals surface area contributed by atoms with Crippen LogP contribution in [0.3, 0.4) is 0 Å². The number of carbonyl (C=O) groups excluding carboxylic acids is 1. The number of hydrogen-bond donors (Lipinski definition) is 2. The molecule has 0 unspecified atom stereocenters.